The molecule has 2 aliphatic carbocycles. The maximum atomic E-state index is 11.4. The first-order chi connectivity index (χ1) is 5.77. The number of hydrogen-bond acceptors (Lipinski definition) is 2. The van der Waals surface area contributed by atoms with E-state index >= 15 is 0 Å². The molecule has 2 nitrogen and oxygen atoms in total. The molecule has 1 saturated carbocycles. The van der Waals surface area contributed by atoms with Crippen molar-refractivity contribution < 1.29 is 9.53 Å². The van der Waals surface area contributed by atoms with Gasteiger partial charge in [-0.3, -0.25) is 4.79 Å². The second-order valence-corrected chi connectivity index (χ2v) is 4.19. The summed E-state index contributed by atoms with van der Waals surface area (Å²) >= 11 is 0. The third-order valence-corrected chi connectivity index (χ3v) is 3.64. The number of fused-ring (bicyclic) bond motifs is 5. The standard InChI is InChI=1S/C10H12O2/c1-5-8-6-2-3-7(4-6)9(8)10(11)12-5/h2-3,5-9H,4H2,1H3/t5-,6-,7+,8-,9+/m1/s1. The molecule has 0 amide bonds. The Morgan fingerprint density at radius 3 is 2.92 bits per heavy atom. The van der Waals surface area contributed by atoms with Gasteiger partial charge in [0.25, 0.3) is 0 Å². The highest BCUT2D eigenvalue weighted by molar-refractivity contribution is 5.77. The molecule has 2 bridgehead atoms. The van der Waals surface area contributed by atoms with Crippen molar-refractivity contribution in [1.29, 1.82) is 0 Å². The van der Waals surface area contributed by atoms with Gasteiger partial charge in [-0.25, -0.2) is 0 Å². The van der Waals surface area contributed by atoms with E-state index in [1.807, 2.05) is 6.92 Å². The molecule has 0 aromatic heterocycles. The number of hydrogen-bond donors (Lipinski definition) is 0. The van der Waals surface area contributed by atoms with Crippen LogP contribution in [0.5, 0.6) is 0 Å². The summed E-state index contributed by atoms with van der Waals surface area (Å²) in [5.41, 5.74) is 0. The smallest absolute Gasteiger partial charge is 0.310 e. The second-order valence-electron chi connectivity index (χ2n) is 4.19. The highest BCUT2D eigenvalue weighted by Gasteiger charge is 2.56. The summed E-state index contributed by atoms with van der Waals surface area (Å²) in [4.78, 5) is 11.4. The molecule has 3 aliphatic rings. The fourth-order valence-electron chi connectivity index (χ4n) is 3.17. The number of allylic oxidation sites excluding steroid dienone is 2. The van der Waals surface area contributed by atoms with Crippen molar-refractivity contribution in [1.82, 2.24) is 0 Å². The number of esters is 1. The largest absolute Gasteiger partial charge is 0.462 e. The quantitative estimate of drug-likeness (QED) is 0.399. The molecule has 2 heteroatoms. The first kappa shape index (κ1) is 6.70. The number of rotatable bonds is 0. The van der Waals surface area contributed by atoms with Gasteiger partial charge in [0.1, 0.15) is 6.10 Å². The summed E-state index contributed by atoms with van der Waals surface area (Å²) in [5, 5.41) is 0. The van der Waals surface area contributed by atoms with Crippen LogP contribution >= 0.6 is 0 Å². The van der Waals surface area contributed by atoms with Gasteiger partial charge >= 0.3 is 5.97 Å². The van der Waals surface area contributed by atoms with Gasteiger partial charge in [-0.1, -0.05) is 12.2 Å². The first-order valence-corrected chi connectivity index (χ1v) is 4.66. The van der Waals surface area contributed by atoms with Gasteiger partial charge in [-0.2, -0.15) is 0 Å². The molecule has 3 rings (SSSR count). The lowest BCUT2D eigenvalue weighted by molar-refractivity contribution is -0.144. The number of ether oxygens (including phenoxy) is 1. The van der Waals surface area contributed by atoms with Crippen LogP contribution in [0.4, 0.5) is 0 Å². The fourth-order valence-corrected chi connectivity index (χ4v) is 3.17. The molecule has 1 heterocycles. The average molecular weight is 164 g/mol. The van der Waals surface area contributed by atoms with E-state index in [0.29, 0.717) is 17.8 Å². The molecular weight excluding hydrogens is 152 g/mol. The minimum atomic E-state index is 0.0457. The van der Waals surface area contributed by atoms with Gasteiger partial charge in [-0.05, 0) is 25.2 Å². The van der Waals surface area contributed by atoms with E-state index in [4.69, 9.17) is 4.74 Å². The van der Waals surface area contributed by atoms with Crippen LogP contribution in [0.1, 0.15) is 13.3 Å². The van der Waals surface area contributed by atoms with Crippen LogP contribution < -0.4 is 0 Å². The van der Waals surface area contributed by atoms with Crippen molar-refractivity contribution >= 4 is 5.97 Å². The molecular formula is C10H12O2. The molecule has 64 valence electrons. The topological polar surface area (TPSA) is 26.3 Å². The SMILES string of the molecule is C[C@H]1OC(=O)[C@@H]2[C@H]1[C@@H]1C=C[C@H]2C1. The van der Waals surface area contributed by atoms with Gasteiger partial charge in [0.05, 0.1) is 5.92 Å². The third-order valence-electron chi connectivity index (χ3n) is 3.64. The molecule has 0 spiro atoms. The zero-order chi connectivity index (χ0) is 8.29. The summed E-state index contributed by atoms with van der Waals surface area (Å²) in [6, 6.07) is 0. The summed E-state index contributed by atoms with van der Waals surface area (Å²) in [5.74, 6) is 1.87. The maximum Gasteiger partial charge on any atom is 0.310 e. The Morgan fingerprint density at radius 2 is 2.17 bits per heavy atom. The lowest BCUT2D eigenvalue weighted by Crippen LogP contribution is -2.22. The monoisotopic (exact) mass is 164 g/mol. The van der Waals surface area contributed by atoms with E-state index in [-0.39, 0.29) is 18.0 Å². The van der Waals surface area contributed by atoms with Crippen LogP contribution in [0.2, 0.25) is 0 Å². The van der Waals surface area contributed by atoms with E-state index < -0.39 is 0 Å². The summed E-state index contributed by atoms with van der Waals surface area (Å²) in [6.45, 7) is 2.02. The Bertz CT molecular complexity index is 269. The van der Waals surface area contributed by atoms with Crippen LogP contribution in [0.15, 0.2) is 12.2 Å². The van der Waals surface area contributed by atoms with Gasteiger partial charge in [-0.15, -0.1) is 0 Å². The van der Waals surface area contributed by atoms with Gasteiger partial charge < -0.3 is 4.74 Å². The molecule has 0 radical (unpaired) electrons. The van der Waals surface area contributed by atoms with Gasteiger partial charge in [0.15, 0.2) is 0 Å². The van der Waals surface area contributed by atoms with E-state index in [0.717, 1.165) is 0 Å². The van der Waals surface area contributed by atoms with Crippen LogP contribution in [0, 0.1) is 23.7 Å². The Labute approximate surface area is 71.6 Å². The highest BCUT2D eigenvalue weighted by Crippen LogP contribution is 2.53. The van der Waals surface area contributed by atoms with E-state index in [1.54, 1.807) is 0 Å². The Kier molecular flexibility index (Phi) is 1.07. The molecule has 12 heavy (non-hydrogen) atoms. The highest BCUT2D eigenvalue weighted by atomic mass is 16.6. The Hall–Kier alpha value is -0.790. The minimum Gasteiger partial charge on any atom is -0.462 e. The fraction of sp³-hybridized carbons (Fsp3) is 0.700. The van der Waals surface area contributed by atoms with Crippen LogP contribution in [-0.2, 0) is 9.53 Å². The van der Waals surface area contributed by atoms with Crippen molar-refractivity contribution in [3.05, 3.63) is 12.2 Å². The zero-order valence-corrected chi connectivity index (χ0v) is 7.07. The first-order valence-electron chi connectivity index (χ1n) is 4.66. The Balaban J connectivity index is 2.03. The van der Waals surface area contributed by atoms with Crippen molar-refractivity contribution in [3.63, 3.8) is 0 Å². The van der Waals surface area contributed by atoms with Crippen molar-refractivity contribution in [2.45, 2.75) is 19.4 Å². The molecule has 0 aromatic rings. The molecule has 2 fully saturated rings. The second kappa shape index (κ2) is 1.93. The summed E-state index contributed by atoms with van der Waals surface area (Å²) in [6.07, 6.45) is 5.81. The predicted molar refractivity (Wildman–Crippen MR) is 43.3 cm³/mol. The number of cyclic esters (lactones) is 1. The molecule has 0 N–H and O–H groups in total. The third kappa shape index (κ3) is 0.598. The van der Waals surface area contributed by atoms with Crippen LogP contribution in [-0.4, -0.2) is 12.1 Å². The lowest BCUT2D eigenvalue weighted by Gasteiger charge is -2.18. The van der Waals surface area contributed by atoms with Gasteiger partial charge in [0.2, 0.25) is 0 Å². The average Bonchev–Trinajstić information content (AvgIpc) is 2.64. The van der Waals surface area contributed by atoms with Crippen molar-refractivity contribution in [3.8, 4) is 0 Å². The molecule has 1 aliphatic heterocycles. The molecule has 1 saturated heterocycles. The molecule has 5 atom stereocenters. The number of carbonyl (C=O) groups excluding carboxylic acids is 1. The summed E-state index contributed by atoms with van der Waals surface area (Å²) < 4.78 is 5.23. The van der Waals surface area contributed by atoms with Gasteiger partial charge in [0, 0.05) is 5.92 Å². The molecule has 0 unspecified atom stereocenters. The minimum absolute atomic E-state index is 0.0457. The van der Waals surface area contributed by atoms with Crippen molar-refractivity contribution in [2.24, 2.45) is 23.7 Å². The number of carbonyl (C=O) groups is 1. The van der Waals surface area contributed by atoms with E-state index in [2.05, 4.69) is 12.2 Å². The zero-order valence-electron chi connectivity index (χ0n) is 7.07. The van der Waals surface area contributed by atoms with E-state index in [9.17, 15) is 4.79 Å². The van der Waals surface area contributed by atoms with Crippen LogP contribution in [0.3, 0.4) is 0 Å². The van der Waals surface area contributed by atoms with Crippen molar-refractivity contribution in [2.75, 3.05) is 0 Å². The van der Waals surface area contributed by atoms with Crippen LogP contribution in [0.25, 0.3) is 0 Å². The molecule has 0 aromatic carbocycles. The normalized spacial score (nSPS) is 54.4. The van der Waals surface area contributed by atoms with E-state index in [1.165, 1.54) is 6.42 Å². The summed E-state index contributed by atoms with van der Waals surface area (Å²) in [7, 11) is 0. The predicted octanol–water partition coefficient (Wildman–Crippen LogP) is 1.37. The Morgan fingerprint density at radius 1 is 1.42 bits per heavy atom. The lowest BCUT2D eigenvalue weighted by atomic mass is 9.82. The maximum absolute atomic E-state index is 11.4.